The van der Waals surface area contributed by atoms with Crippen molar-refractivity contribution in [1.29, 1.82) is 0 Å². The largest absolute Gasteiger partial charge is 0.465 e. The van der Waals surface area contributed by atoms with Gasteiger partial charge in [0.2, 0.25) is 0 Å². The molecule has 1 aliphatic rings. The average Bonchev–Trinajstić information content (AvgIpc) is 3.33. The van der Waals surface area contributed by atoms with Crippen LogP contribution in [0.1, 0.15) is 12.0 Å². The standard InChI is InChI=1S/C18H19NO2/c20-18(12-17-13-19-17)21-11-10-14-6-8-16(9-7-14)15-4-2-1-3-5-15/h1-9,17,19H,10-13H2. The molecule has 21 heavy (non-hydrogen) atoms. The minimum absolute atomic E-state index is 0.106. The predicted molar refractivity (Wildman–Crippen MR) is 82.9 cm³/mol. The van der Waals surface area contributed by atoms with E-state index in [1.807, 2.05) is 18.2 Å². The summed E-state index contributed by atoms with van der Waals surface area (Å²) in [5, 5.41) is 3.09. The number of hydrogen-bond donors (Lipinski definition) is 1. The van der Waals surface area contributed by atoms with Crippen LogP contribution in [-0.4, -0.2) is 25.2 Å². The van der Waals surface area contributed by atoms with Gasteiger partial charge in [-0.2, -0.15) is 0 Å². The van der Waals surface area contributed by atoms with E-state index in [9.17, 15) is 4.79 Å². The summed E-state index contributed by atoms with van der Waals surface area (Å²) in [6.07, 6.45) is 1.26. The first-order valence-electron chi connectivity index (χ1n) is 7.34. The molecule has 0 aliphatic carbocycles. The molecule has 1 atom stereocenters. The van der Waals surface area contributed by atoms with Gasteiger partial charge in [0.1, 0.15) is 0 Å². The maximum absolute atomic E-state index is 11.5. The van der Waals surface area contributed by atoms with Crippen LogP contribution in [0.2, 0.25) is 0 Å². The monoisotopic (exact) mass is 281 g/mol. The van der Waals surface area contributed by atoms with Crippen LogP contribution in [-0.2, 0) is 16.0 Å². The molecule has 0 saturated carbocycles. The smallest absolute Gasteiger partial charge is 0.307 e. The van der Waals surface area contributed by atoms with E-state index in [2.05, 4.69) is 41.7 Å². The maximum atomic E-state index is 11.5. The zero-order valence-electron chi connectivity index (χ0n) is 11.9. The molecule has 0 spiro atoms. The summed E-state index contributed by atoms with van der Waals surface area (Å²) in [5.41, 5.74) is 3.61. The van der Waals surface area contributed by atoms with Crippen LogP contribution in [0.15, 0.2) is 54.6 Å². The molecular formula is C18H19NO2. The van der Waals surface area contributed by atoms with Crippen LogP contribution in [0.5, 0.6) is 0 Å². The van der Waals surface area contributed by atoms with Gasteiger partial charge in [-0.15, -0.1) is 0 Å². The predicted octanol–water partition coefficient (Wildman–Crippen LogP) is 2.80. The van der Waals surface area contributed by atoms with E-state index in [0.29, 0.717) is 19.1 Å². The van der Waals surface area contributed by atoms with Gasteiger partial charge in [-0.05, 0) is 16.7 Å². The van der Waals surface area contributed by atoms with Gasteiger partial charge in [0.05, 0.1) is 13.0 Å². The SMILES string of the molecule is O=C(CC1CN1)OCCc1ccc(-c2ccccc2)cc1. The van der Waals surface area contributed by atoms with Crippen molar-refractivity contribution in [1.82, 2.24) is 5.32 Å². The zero-order chi connectivity index (χ0) is 14.5. The molecule has 0 aromatic heterocycles. The summed E-state index contributed by atoms with van der Waals surface area (Å²) < 4.78 is 5.23. The van der Waals surface area contributed by atoms with Crippen molar-refractivity contribution < 1.29 is 9.53 Å². The normalized spacial score (nSPS) is 16.5. The highest BCUT2D eigenvalue weighted by molar-refractivity contribution is 5.70. The maximum Gasteiger partial charge on any atom is 0.307 e. The second-order valence-corrected chi connectivity index (χ2v) is 5.34. The Hall–Kier alpha value is -2.13. The van der Waals surface area contributed by atoms with E-state index in [1.54, 1.807) is 0 Å². The lowest BCUT2D eigenvalue weighted by Crippen LogP contribution is -2.11. The lowest BCUT2D eigenvalue weighted by atomic mass is 10.0. The fourth-order valence-corrected chi connectivity index (χ4v) is 2.26. The molecule has 3 heteroatoms. The van der Waals surface area contributed by atoms with E-state index < -0.39 is 0 Å². The summed E-state index contributed by atoms with van der Waals surface area (Å²) in [6.45, 7) is 1.40. The minimum Gasteiger partial charge on any atom is -0.465 e. The van der Waals surface area contributed by atoms with E-state index in [-0.39, 0.29) is 5.97 Å². The van der Waals surface area contributed by atoms with E-state index in [1.165, 1.54) is 16.7 Å². The number of benzene rings is 2. The molecule has 1 N–H and O–H groups in total. The molecule has 2 aromatic rings. The zero-order valence-corrected chi connectivity index (χ0v) is 11.9. The highest BCUT2D eigenvalue weighted by atomic mass is 16.5. The number of rotatable bonds is 6. The topological polar surface area (TPSA) is 48.2 Å². The Balaban J connectivity index is 1.49. The summed E-state index contributed by atoms with van der Waals surface area (Å²) in [4.78, 5) is 11.5. The second-order valence-electron chi connectivity index (χ2n) is 5.34. The van der Waals surface area contributed by atoms with Crippen molar-refractivity contribution in [3.63, 3.8) is 0 Å². The quantitative estimate of drug-likeness (QED) is 0.654. The summed E-state index contributed by atoms with van der Waals surface area (Å²) in [5.74, 6) is -0.106. The Bertz CT molecular complexity index is 588. The third-order valence-corrected chi connectivity index (χ3v) is 3.62. The molecule has 0 bridgehead atoms. The van der Waals surface area contributed by atoms with Crippen molar-refractivity contribution in [2.75, 3.05) is 13.2 Å². The summed E-state index contributed by atoms with van der Waals surface area (Å²) >= 11 is 0. The third-order valence-electron chi connectivity index (χ3n) is 3.62. The molecule has 108 valence electrons. The molecule has 1 saturated heterocycles. The van der Waals surface area contributed by atoms with Crippen molar-refractivity contribution in [2.24, 2.45) is 0 Å². The molecule has 1 aliphatic heterocycles. The number of hydrogen-bond acceptors (Lipinski definition) is 3. The van der Waals surface area contributed by atoms with Gasteiger partial charge >= 0.3 is 5.97 Å². The molecule has 0 radical (unpaired) electrons. The van der Waals surface area contributed by atoms with E-state index >= 15 is 0 Å². The minimum atomic E-state index is -0.106. The molecule has 1 heterocycles. The van der Waals surface area contributed by atoms with E-state index in [0.717, 1.165) is 13.0 Å². The van der Waals surface area contributed by atoms with Crippen LogP contribution in [0, 0.1) is 0 Å². The summed E-state index contributed by atoms with van der Waals surface area (Å²) in [6, 6.07) is 19.1. The summed E-state index contributed by atoms with van der Waals surface area (Å²) in [7, 11) is 0. The van der Waals surface area contributed by atoms with Crippen molar-refractivity contribution in [3.05, 3.63) is 60.2 Å². The van der Waals surface area contributed by atoms with Crippen molar-refractivity contribution in [3.8, 4) is 11.1 Å². The van der Waals surface area contributed by atoms with Crippen LogP contribution in [0.4, 0.5) is 0 Å². The molecule has 3 nitrogen and oxygen atoms in total. The van der Waals surface area contributed by atoms with E-state index in [4.69, 9.17) is 4.74 Å². The third kappa shape index (κ3) is 4.17. The molecule has 1 unspecified atom stereocenters. The Morgan fingerprint density at radius 2 is 1.71 bits per heavy atom. The molecular weight excluding hydrogens is 262 g/mol. The molecule has 3 rings (SSSR count). The molecule has 0 amide bonds. The molecule has 1 fully saturated rings. The van der Waals surface area contributed by atoms with Crippen LogP contribution < -0.4 is 5.32 Å². The first-order chi connectivity index (χ1) is 10.3. The number of carbonyl (C=O) groups excluding carboxylic acids is 1. The van der Waals surface area contributed by atoms with Gasteiger partial charge in [0.15, 0.2) is 0 Å². The Kier molecular flexibility index (Phi) is 4.31. The lowest BCUT2D eigenvalue weighted by Gasteiger charge is -2.06. The Morgan fingerprint density at radius 3 is 2.38 bits per heavy atom. The highest BCUT2D eigenvalue weighted by Crippen LogP contribution is 2.19. The number of ether oxygens (including phenoxy) is 1. The van der Waals surface area contributed by atoms with Crippen molar-refractivity contribution in [2.45, 2.75) is 18.9 Å². The first-order valence-corrected chi connectivity index (χ1v) is 7.34. The van der Waals surface area contributed by atoms with Gasteiger partial charge in [-0.3, -0.25) is 4.79 Å². The highest BCUT2D eigenvalue weighted by Gasteiger charge is 2.23. The van der Waals surface area contributed by atoms with Gasteiger partial charge < -0.3 is 10.1 Å². The fourth-order valence-electron chi connectivity index (χ4n) is 2.26. The first kappa shape index (κ1) is 13.8. The van der Waals surface area contributed by atoms with Gasteiger partial charge in [-0.25, -0.2) is 0 Å². The van der Waals surface area contributed by atoms with Crippen molar-refractivity contribution >= 4 is 5.97 Å². The van der Waals surface area contributed by atoms with Gasteiger partial charge in [-0.1, -0.05) is 54.6 Å². The van der Waals surface area contributed by atoms with Crippen LogP contribution in [0.3, 0.4) is 0 Å². The van der Waals surface area contributed by atoms with Crippen LogP contribution >= 0.6 is 0 Å². The van der Waals surface area contributed by atoms with Gasteiger partial charge in [0.25, 0.3) is 0 Å². The lowest BCUT2D eigenvalue weighted by molar-refractivity contribution is -0.143. The van der Waals surface area contributed by atoms with Crippen LogP contribution in [0.25, 0.3) is 11.1 Å². The Morgan fingerprint density at radius 1 is 1.05 bits per heavy atom. The fraction of sp³-hybridized carbons (Fsp3) is 0.278. The number of carbonyl (C=O) groups is 1. The average molecular weight is 281 g/mol. The Labute approximate surface area is 124 Å². The van der Waals surface area contributed by atoms with Gasteiger partial charge in [0, 0.05) is 19.0 Å². The molecule has 2 aromatic carbocycles. The number of esters is 1. The number of nitrogens with one attached hydrogen (secondary N) is 1. The second kappa shape index (κ2) is 6.55.